The average Bonchev–Trinajstić information content (AvgIpc) is 3.10. The van der Waals surface area contributed by atoms with Crippen LogP contribution in [0.25, 0.3) is 5.69 Å². The molecule has 22 heavy (non-hydrogen) atoms. The minimum atomic E-state index is -0.482. The van der Waals surface area contributed by atoms with Crippen LogP contribution in [0.5, 0.6) is 0 Å². The highest BCUT2D eigenvalue weighted by atomic mass is 35.5. The van der Waals surface area contributed by atoms with E-state index >= 15 is 0 Å². The number of hydrogen-bond donors (Lipinski definition) is 1. The highest BCUT2D eigenvalue weighted by Crippen LogP contribution is 2.15. The first-order valence-electron chi connectivity index (χ1n) is 6.43. The second kappa shape index (κ2) is 5.94. The van der Waals surface area contributed by atoms with Crippen LogP contribution in [-0.2, 0) is 17.8 Å². The zero-order chi connectivity index (χ0) is 15.5. The van der Waals surface area contributed by atoms with Crippen molar-refractivity contribution in [2.24, 2.45) is 5.73 Å². The summed E-state index contributed by atoms with van der Waals surface area (Å²) in [6, 6.07) is 7.16. The summed E-state index contributed by atoms with van der Waals surface area (Å²) < 4.78 is 3.40. The Balaban J connectivity index is 1.99. The molecule has 8 nitrogen and oxygen atoms in total. The van der Waals surface area contributed by atoms with Crippen molar-refractivity contribution < 1.29 is 4.79 Å². The molecule has 1 aromatic carbocycles. The maximum absolute atomic E-state index is 11.1. The lowest BCUT2D eigenvalue weighted by molar-refractivity contribution is -0.117. The number of hydrogen-bond acceptors (Lipinski definition) is 5. The van der Waals surface area contributed by atoms with E-state index < -0.39 is 5.91 Å². The molecule has 0 radical (unpaired) electrons. The molecule has 0 aliphatic rings. The zero-order valence-corrected chi connectivity index (χ0v) is 12.2. The minimum Gasteiger partial charge on any atom is -0.369 e. The number of rotatable bonds is 5. The van der Waals surface area contributed by atoms with Gasteiger partial charge >= 0.3 is 0 Å². The van der Waals surface area contributed by atoms with E-state index in [2.05, 4.69) is 20.3 Å². The van der Waals surface area contributed by atoms with Crippen molar-refractivity contribution in [3.8, 4) is 5.69 Å². The van der Waals surface area contributed by atoms with Crippen molar-refractivity contribution in [1.82, 2.24) is 29.5 Å². The van der Waals surface area contributed by atoms with Gasteiger partial charge in [-0.1, -0.05) is 11.6 Å². The van der Waals surface area contributed by atoms with Gasteiger partial charge in [0.2, 0.25) is 5.91 Å². The van der Waals surface area contributed by atoms with Crippen molar-refractivity contribution in [2.45, 2.75) is 13.0 Å². The number of primary amides is 1. The fraction of sp³-hybridized carbons (Fsp3) is 0.154. The number of amides is 1. The maximum Gasteiger partial charge on any atom is 0.225 e. The van der Waals surface area contributed by atoms with Gasteiger partial charge in [-0.15, -0.1) is 10.2 Å². The third-order valence-electron chi connectivity index (χ3n) is 2.91. The number of aromatic nitrogens is 6. The van der Waals surface area contributed by atoms with Crippen molar-refractivity contribution in [2.75, 3.05) is 0 Å². The zero-order valence-electron chi connectivity index (χ0n) is 11.4. The van der Waals surface area contributed by atoms with Gasteiger partial charge in [0, 0.05) is 5.02 Å². The van der Waals surface area contributed by atoms with E-state index in [4.69, 9.17) is 17.3 Å². The molecule has 2 heterocycles. The number of nitrogens with two attached hydrogens (primary N) is 1. The Kier molecular flexibility index (Phi) is 3.84. The van der Waals surface area contributed by atoms with E-state index in [1.807, 2.05) is 12.1 Å². The molecule has 0 aliphatic heterocycles. The summed E-state index contributed by atoms with van der Waals surface area (Å²) in [6.07, 6.45) is 3.14. The van der Waals surface area contributed by atoms with E-state index in [1.54, 1.807) is 34.0 Å². The van der Waals surface area contributed by atoms with Crippen molar-refractivity contribution in [1.29, 1.82) is 0 Å². The molecule has 3 rings (SSSR count). The molecule has 3 aromatic rings. The molecule has 9 heteroatoms. The first kappa shape index (κ1) is 14.2. The Morgan fingerprint density at radius 3 is 2.50 bits per heavy atom. The van der Waals surface area contributed by atoms with Gasteiger partial charge in [0.1, 0.15) is 12.7 Å². The molecule has 0 aliphatic carbocycles. The van der Waals surface area contributed by atoms with Crippen molar-refractivity contribution in [3.63, 3.8) is 0 Å². The van der Waals surface area contributed by atoms with Crippen LogP contribution in [0.15, 0.2) is 36.9 Å². The number of halogens is 1. The second-order valence-electron chi connectivity index (χ2n) is 4.61. The van der Waals surface area contributed by atoms with Gasteiger partial charge in [-0.05, 0) is 24.3 Å². The Hall–Kier alpha value is -2.74. The molecule has 0 saturated heterocycles. The van der Waals surface area contributed by atoms with E-state index in [9.17, 15) is 4.79 Å². The maximum atomic E-state index is 11.1. The van der Waals surface area contributed by atoms with E-state index in [-0.39, 0.29) is 6.42 Å². The van der Waals surface area contributed by atoms with Crippen molar-refractivity contribution in [3.05, 3.63) is 53.6 Å². The Bertz CT molecular complexity index is 779. The Labute approximate surface area is 130 Å². The van der Waals surface area contributed by atoms with Crippen LogP contribution in [-0.4, -0.2) is 35.4 Å². The third-order valence-corrected chi connectivity index (χ3v) is 3.16. The van der Waals surface area contributed by atoms with Gasteiger partial charge in [0.25, 0.3) is 0 Å². The molecule has 0 unspecified atom stereocenters. The monoisotopic (exact) mass is 317 g/mol. The average molecular weight is 318 g/mol. The van der Waals surface area contributed by atoms with Gasteiger partial charge in [-0.3, -0.25) is 4.79 Å². The normalized spacial score (nSPS) is 10.8. The summed E-state index contributed by atoms with van der Waals surface area (Å²) in [5.41, 5.74) is 6.00. The molecular formula is C13H12ClN7O. The summed E-state index contributed by atoms with van der Waals surface area (Å²) >= 11 is 5.90. The first-order chi connectivity index (χ1) is 10.6. The summed E-state index contributed by atoms with van der Waals surface area (Å²) in [5, 5.41) is 12.5. The van der Waals surface area contributed by atoms with E-state index in [0.29, 0.717) is 23.2 Å². The SMILES string of the molecule is NC(=O)Cc1nc(Cn2cnnc2)n(-c2ccc(Cl)cc2)n1. The molecule has 2 aromatic heterocycles. The highest BCUT2D eigenvalue weighted by Gasteiger charge is 2.14. The number of nitrogens with zero attached hydrogens (tertiary/aromatic N) is 6. The van der Waals surface area contributed by atoms with Crippen LogP contribution < -0.4 is 5.73 Å². The smallest absolute Gasteiger partial charge is 0.225 e. The summed E-state index contributed by atoms with van der Waals surface area (Å²) in [7, 11) is 0. The molecular weight excluding hydrogens is 306 g/mol. The summed E-state index contributed by atoms with van der Waals surface area (Å²) in [6.45, 7) is 0.418. The lowest BCUT2D eigenvalue weighted by Crippen LogP contribution is -2.14. The standard InChI is InChI=1S/C13H12ClN7O/c14-9-1-3-10(4-2-9)21-13(6-20-7-16-17-8-20)18-12(19-21)5-11(15)22/h1-4,7-8H,5-6H2,(H2,15,22). The molecule has 0 spiro atoms. The fourth-order valence-corrected chi connectivity index (χ4v) is 2.11. The van der Waals surface area contributed by atoms with Crippen LogP contribution in [0.2, 0.25) is 5.02 Å². The number of carbonyl (C=O) groups is 1. The first-order valence-corrected chi connectivity index (χ1v) is 6.81. The van der Waals surface area contributed by atoms with Crippen LogP contribution in [0.4, 0.5) is 0 Å². The summed E-state index contributed by atoms with van der Waals surface area (Å²) in [5.74, 6) is 0.521. The van der Waals surface area contributed by atoms with Gasteiger partial charge in [-0.2, -0.15) is 5.10 Å². The summed E-state index contributed by atoms with van der Waals surface area (Å²) in [4.78, 5) is 15.4. The predicted octanol–water partition coefficient (Wildman–Crippen LogP) is 0.588. The van der Waals surface area contributed by atoms with Crippen LogP contribution in [0, 0.1) is 0 Å². The third kappa shape index (κ3) is 3.12. The highest BCUT2D eigenvalue weighted by molar-refractivity contribution is 6.30. The minimum absolute atomic E-state index is 0.0181. The van der Waals surface area contributed by atoms with Gasteiger partial charge in [0.15, 0.2) is 11.6 Å². The van der Waals surface area contributed by atoms with Crippen molar-refractivity contribution >= 4 is 17.5 Å². The van der Waals surface area contributed by atoms with E-state index in [0.717, 1.165) is 5.69 Å². The van der Waals surface area contributed by atoms with Gasteiger partial charge < -0.3 is 10.3 Å². The second-order valence-corrected chi connectivity index (χ2v) is 5.05. The quantitative estimate of drug-likeness (QED) is 0.741. The molecule has 0 atom stereocenters. The van der Waals surface area contributed by atoms with Crippen LogP contribution in [0.1, 0.15) is 11.6 Å². The molecule has 0 saturated carbocycles. The van der Waals surface area contributed by atoms with Crippen LogP contribution in [0.3, 0.4) is 0 Å². The molecule has 112 valence electrons. The number of benzene rings is 1. The lowest BCUT2D eigenvalue weighted by atomic mass is 10.3. The molecule has 1 amide bonds. The molecule has 0 bridgehead atoms. The topological polar surface area (TPSA) is 105 Å². The molecule has 2 N–H and O–H groups in total. The van der Waals surface area contributed by atoms with Gasteiger partial charge in [0.05, 0.1) is 18.7 Å². The lowest BCUT2D eigenvalue weighted by Gasteiger charge is -2.06. The van der Waals surface area contributed by atoms with Crippen LogP contribution >= 0.6 is 11.6 Å². The Morgan fingerprint density at radius 1 is 1.18 bits per heavy atom. The predicted molar refractivity (Wildman–Crippen MR) is 78.4 cm³/mol. The fourth-order valence-electron chi connectivity index (χ4n) is 1.98. The largest absolute Gasteiger partial charge is 0.369 e. The van der Waals surface area contributed by atoms with Gasteiger partial charge in [-0.25, -0.2) is 9.67 Å². The molecule has 0 fully saturated rings. The van der Waals surface area contributed by atoms with E-state index in [1.165, 1.54) is 0 Å². The Morgan fingerprint density at radius 2 is 1.86 bits per heavy atom. The number of carbonyl (C=O) groups excluding carboxylic acids is 1.